The van der Waals surface area contributed by atoms with Crippen molar-refractivity contribution in [3.8, 4) is 0 Å². The minimum atomic E-state index is -0.0996. The highest BCUT2D eigenvalue weighted by Gasteiger charge is 2.15. The quantitative estimate of drug-likeness (QED) is 0.727. The standard InChI is InChI=1S/C11H10N2OS/c1-7-4-3-5-12-10(7)11(14)9-6-15-8(2)13-9/h3-6H,1-2H3. The summed E-state index contributed by atoms with van der Waals surface area (Å²) in [5.41, 5.74) is 1.86. The van der Waals surface area contributed by atoms with E-state index in [-0.39, 0.29) is 5.78 Å². The first-order valence-corrected chi connectivity index (χ1v) is 5.45. The molecule has 2 rings (SSSR count). The maximum absolute atomic E-state index is 12.0. The van der Waals surface area contributed by atoms with Crippen LogP contribution in [0, 0.1) is 13.8 Å². The fourth-order valence-electron chi connectivity index (χ4n) is 1.31. The first-order chi connectivity index (χ1) is 7.18. The van der Waals surface area contributed by atoms with Crippen LogP contribution in [0.15, 0.2) is 23.7 Å². The molecule has 0 unspecified atom stereocenters. The van der Waals surface area contributed by atoms with Crippen LogP contribution in [0.4, 0.5) is 0 Å². The maximum Gasteiger partial charge on any atom is 0.230 e. The van der Waals surface area contributed by atoms with Crippen molar-refractivity contribution >= 4 is 17.1 Å². The molecule has 0 amide bonds. The van der Waals surface area contributed by atoms with E-state index in [1.807, 2.05) is 26.0 Å². The Morgan fingerprint density at radius 1 is 1.40 bits per heavy atom. The molecule has 15 heavy (non-hydrogen) atoms. The molecule has 0 spiro atoms. The third-order valence-electron chi connectivity index (χ3n) is 2.08. The number of hydrogen-bond acceptors (Lipinski definition) is 4. The van der Waals surface area contributed by atoms with Crippen molar-refractivity contribution in [2.75, 3.05) is 0 Å². The lowest BCUT2D eigenvalue weighted by atomic mass is 10.1. The molecule has 2 aromatic rings. The highest BCUT2D eigenvalue weighted by molar-refractivity contribution is 7.09. The van der Waals surface area contributed by atoms with Crippen molar-refractivity contribution in [2.24, 2.45) is 0 Å². The number of thiazole rings is 1. The zero-order valence-corrected chi connectivity index (χ0v) is 9.34. The number of rotatable bonds is 2. The number of nitrogens with zero attached hydrogens (tertiary/aromatic N) is 2. The van der Waals surface area contributed by atoms with Gasteiger partial charge in [-0.25, -0.2) is 4.98 Å². The van der Waals surface area contributed by atoms with Crippen LogP contribution in [0.5, 0.6) is 0 Å². The molecule has 0 aliphatic carbocycles. The predicted octanol–water partition coefficient (Wildman–Crippen LogP) is 2.39. The Bertz CT molecular complexity index is 505. The summed E-state index contributed by atoms with van der Waals surface area (Å²) in [6.45, 7) is 3.76. The molecule has 76 valence electrons. The van der Waals surface area contributed by atoms with E-state index in [9.17, 15) is 4.79 Å². The van der Waals surface area contributed by atoms with Crippen LogP contribution in [-0.4, -0.2) is 15.8 Å². The lowest BCUT2D eigenvalue weighted by molar-refractivity contribution is 0.102. The van der Waals surface area contributed by atoms with Gasteiger partial charge in [-0.05, 0) is 25.5 Å². The topological polar surface area (TPSA) is 42.9 Å². The molecule has 0 bridgehead atoms. The van der Waals surface area contributed by atoms with Gasteiger partial charge in [0.25, 0.3) is 0 Å². The van der Waals surface area contributed by atoms with Crippen molar-refractivity contribution in [1.29, 1.82) is 0 Å². The van der Waals surface area contributed by atoms with Crippen LogP contribution < -0.4 is 0 Å². The second kappa shape index (κ2) is 3.90. The molecule has 2 aromatic heterocycles. The average molecular weight is 218 g/mol. The van der Waals surface area contributed by atoms with Crippen molar-refractivity contribution in [3.63, 3.8) is 0 Å². The fourth-order valence-corrected chi connectivity index (χ4v) is 1.91. The lowest BCUT2D eigenvalue weighted by Gasteiger charge is -1.99. The van der Waals surface area contributed by atoms with Crippen molar-refractivity contribution < 1.29 is 4.79 Å². The third-order valence-corrected chi connectivity index (χ3v) is 2.85. The number of hydrogen-bond donors (Lipinski definition) is 0. The number of ketones is 1. The highest BCUT2D eigenvalue weighted by atomic mass is 32.1. The Morgan fingerprint density at radius 3 is 2.80 bits per heavy atom. The second-order valence-electron chi connectivity index (χ2n) is 3.25. The van der Waals surface area contributed by atoms with Gasteiger partial charge in [0.1, 0.15) is 11.4 Å². The van der Waals surface area contributed by atoms with E-state index in [4.69, 9.17) is 0 Å². The average Bonchev–Trinajstić information content (AvgIpc) is 2.65. The summed E-state index contributed by atoms with van der Waals surface area (Å²) in [5.74, 6) is -0.0996. The van der Waals surface area contributed by atoms with Crippen LogP contribution in [0.2, 0.25) is 0 Å². The van der Waals surface area contributed by atoms with Gasteiger partial charge in [0.2, 0.25) is 5.78 Å². The monoisotopic (exact) mass is 218 g/mol. The van der Waals surface area contributed by atoms with E-state index < -0.39 is 0 Å². The molecule has 0 atom stereocenters. The maximum atomic E-state index is 12.0. The fraction of sp³-hybridized carbons (Fsp3) is 0.182. The molecule has 0 radical (unpaired) electrons. The smallest absolute Gasteiger partial charge is 0.230 e. The molecule has 0 saturated heterocycles. The van der Waals surface area contributed by atoms with E-state index in [0.717, 1.165) is 10.6 Å². The van der Waals surface area contributed by atoms with Gasteiger partial charge in [0.15, 0.2) is 0 Å². The molecular formula is C11H10N2OS. The van der Waals surface area contributed by atoms with Crippen LogP contribution in [0.1, 0.15) is 26.8 Å². The van der Waals surface area contributed by atoms with Crippen molar-refractivity contribution in [3.05, 3.63) is 45.7 Å². The number of aromatic nitrogens is 2. The Hall–Kier alpha value is -1.55. The number of carbonyl (C=O) groups excluding carboxylic acids is 1. The van der Waals surface area contributed by atoms with Crippen LogP contribution in [-0.2, 0) is 0 Å². The Balaban J connectivity index is 2.41. The van der Waals surface area contributed by atoms with E-state index >= 15 is 0 Å². The second-order valence-corrected chi connectivity index (χ2v) is 4.31. The summed E-state index contributed by atoms with van der Waals surface area (Å²) in [6.07, 6.45) is 1.62. The Labute approximate surface area is 91.8 Å². The summed E-state index contributed by atoms with van der Waals surface area (Å²) in [7, 11) is 0. The first-order valence-electron chi connectivity index (χ1n) is 4.57. The van der Waals surface area contributed by atoms with Gasteiger partial charge in [-0.2, -0.15) is 0 Å². The van der Waals surface area contributed by atoms with Gasteiger partial charge in [-0.1, -0.05) is 6.07 Å². The molecule has 2 heterocycles. The summed E-state index contributed by atoms with van der Waals surface area (Å²) >= 11 is 1.47. The minimum Gasteiger partial charge on any atom is -0.285 e. The van der Waals surface area contributed by atoms with Gasteiger partial charge in [-0.3, -0.25) is 9.78 Å². The van der Waals surface area contributed by atoms with E-state index in [1.165, 1.54) is 11.3 Å². The molecule has 4 heteroatoms. The van der Waals surface area contributed by atoms with E-state index in [2.05, 4.69) is 9.97 Å². The molecule has 0 saturated carbocycles. The highest BCUT2D eigenvalue weighted by Crippen LogP contribution is 2.13. The normalized spacial score (nSPS) is 10.3. The predicted molar refractivity (Wildman–Crippen MR) is 59.3 cm³/mol. The molecule has 3 nitrogen and oxygen atoms in total. The Morgan fingerprint density at radius 2 is 2.20 bits per heavy atom. The molecule has 0 aliphatic heterocycles. The number of pyridine rings is 1. The molecular weight excluding hydrogens is 208 g/mol. The van der Waals surface area contributed by atoms with Gasteiger partial charge in [0, 0.05) is 11.6 Å². The Kier molecular flexibility index (Phi) is 2.60. The molecule has 0 aliphatic rings. The molecule has 0 aromatic carbocycles. The van der Waals surface area contributed by atoms with E-state index in [1.54, 1.807) is 11.6 Å². The largest absolute Gasteiger partial charge is 0.285 e. The van der Waals surface area contributed by atoms with Gasteiger partial charge >= 0.3 is 0 Å². The van der Waals surface area contributed by atoms with Gasteiger partial charge in [-0.15, -0.1) is 11.3 Å². The zero-order valence-electron chi connectivity index (χ0n) is 8.52. The van der Waals surface area contributed by atoms with Crippen molar-refractivity contribution in [2.45, 2.75) is 13.8 Å². The SMILES string of the molecule is Cc1nc(C(=O)c2ncccc2C)cs1. The number of aryl methyl sites for hydroxylation is 2. The summed E-state index contributed by atoms with van der Waals surface area (Å²) in [6, 6.07) is 3.69. The van der Waals surface area contributed by atoms with Crippen molar-refractivity contribution in [1.82, 2.24) is 9.97 Å². The third kappa shape index (κ3) is 1.94. The first kappa shape index (κ1) is 9.98. The van der Waals surface area contributed by atoms with Crippen LogP contribution in [0.25, 0.3) is 0 Å². The lowest BCUT2D eigenvalue weighted by Crippen LogP contribution is -2.06. The summed E-state index contributed by atoms with van der Waals surface area (Å²) < 4.78 is 0. The van der Waals surface area contributed by atoms with Gasteiger partial charge in [0.05, 0.1) is 5.01 Å². The van der Waals surface area contributed by atoms with E-state index in [0.29, 0.717) is 11.4 Å². The summed E-state index contributed by atoms with van der Waals surface area (Å²) in [5, 5.41) is 2.66. The van der Waals surface area contributed by atoms with Crippen LogP contribution >= 0.6 is 11.3 Å². The van der Waals surface area contributed by atoms with Crippen LogP contribution in [0.3, 0.4) is 0 Å². The molecule has 0 N–H and O–H groups in total. The number of carbonyl (C=O) groups is 1. The minimum absolute atomic E-state index is 0.0996. The zero-order chi connectivity index (χ0) is 10.8. The van der Waals surface area contributed by atoms with Gasteiger partial charge < -0.3 is 0 Å². The molecule has 0 fully saturated rings. The summed E-state index contributed by atoms with van der Waals surface area (Å²) in [4.78, 5) is 20.2.